The maximum atomic E-state index is 13.2. The average molecular weight is 545 g/mol. The van der Waals surface area contributed by atoms with E-state index in [9.17, 15) is 23.2 Å². The molecule has 4 rings (SSSR count). The Morgan fingerprint density at radius 3 is 2.45 bits per heavy atom. The third kappa shape index (κ3) is 7.09. The first-order valence-corrected chi connectivity index (χ1v) is 11.0. The number of halogens is 4. The van der Waals surface area contributed by atoms with Crippen LogP contribution in [-0.2, 0) is 11.3 Å². The third-order valence-corrected chi connectivity index (χ3v) is 5.27. The Morgan fingerprint density at radius 1 is 1.05 bits per heavy atom. The van der Waals surface area contributed by atoms with E-state index < -0.39 is 18.1 Å². The summed E-state index contributed by atoms with van der Waals surface area (Å²) in [5.74, 6) is -1.17. The molecule has 0 unspecified atom stereocenters. The SMILES string of the molecule is Cl.N#Cc1ccccc1-c1ccc(-c2nc(-c3ccc(CNCCC(=O)O)cc3)no2)cc1OC(F)(F)F. The summed E-state index contributed by atoms with van der Waals surface area (Å²) in [5, 5.41) is 25.0. The zero-order valence-electron chi connectivity index (χ0n) is 19.5. The van der Waals surface area contributed by atoms with Crippen molar-refractivity contribution < 1.29 is 32.3 Å². The number of aliphatic carboxylic acids is 1. The summed E-state index contributed by atoms with van der Waals surface area (Å²) in [7, 11) is 0. The second-order valence-electron chi connectivity index (χ2n) is 7.86. The minimum atomic E-state index is -4.96. The fourth-order valence-electron chi connectivity index (χ4n) is 3.56. The predicted octanol–water partition coefficient (Wildman–Crippen LogP) is 5.83. The molecule has 0 spiro atoms. The van der Waals surface area contributed by atoms with Crippen molar-refractivity contribution >= 4 is 18.4 Å². The van der Waals surface area contributed by atoms with Gasteiger partial charge in [-0.3, -0.25) is 4.79 Å². The lowest BCUT2D eigenvalue weighted by molar-refractivity contribution is -0.274. The minimum absolute atomic E-state index is 0. The summed E-state index contributed by atoms with van der Waals surface area (Å²) in [6.45, 7) is 0.820. The van der Waals surface area contributed by atoms with Crippen molar-refractivity contribution in [1.82, 2.24) is 15.5 Å². The Labute approximate surface area is 221 Å². The Kier molecular flexibility index (Phi) is 9.07. The Morgan fingerprint density at radius 2 is 1.76 bits per heavy atom. The molecule has 0 aliphatic carbocycles. The molecule has 3 aromatic carbocycles. The highest BCUT2D eigenvalue weighted by Gasteiger charge is 2.33. The number of hydrogen-bond donors (Lipinski definition) is 2. The van der Waals surface area contributed by atoms with Gasteiger partial charge in [0, 0.05) is 35.3 Å². The van der Waals surface area contributed by atoms with E-state index in [2.05, 4.69) is 20.2 Å². The first kappa shape index (κ1) is 28.2. The van der Waals surface area contributed by atoms with Gasteiger partial charge in [0.05, 0.1) is 18.1 Å². The number of aromatic nitrogens is 2. The molecule has 4 aromatic rings. The van der Waals surface area contributed by atoms with Crippen LogP contribution in [0.25, 0.3) is 34.0 Å². The molecule has 0 aliphatic heterocycles. The van der Waals surface area contributed by atoms with Gasteiger partial charge in [0.2, 0.25) is 5.82 Å². The van der Waals surface area contributed by atoms with E-state index in [-0.39, 0.29) is 47.2 Å². The predicted molar refractivity (Wildman–Crippen MR) is 133 cm³/mol. The van der Waals surface area contributed by atoms with Crippen LogP contribution in [0.3, 0.4) is 0 Å². The summed E-state index contributed by atoms with van der Waals surface area (Å²) in [5.41, 5.74) is 2.32. The van der Waals surface area contributed by atoms with Crippen LogP contribution >= 0.6 is 12.4 Å². The van der Waals surface area contributed by atoms with Gasteiger partial charge in [-0.25, -0.2) is 0 Å². The molecule has 1 heterocycles. The molecule has 8 nitrogen and oxygen atoms in total. The molecule has 0 atom stereocenters. The van der Waals surface area contributed by atoms with Gasteiger partial charge in [-0.2, -0.15) is 10.2 Å². The number of alkyl halides is 3. The monoisotopic (exact) mass is 544 g/mol. The molecule has 0 saturated heterocycles. The van der Waals surface area contributed by atoms with Crippen LogP contribution in [0, 0.1) is 11.3 Å². The van der Waals surface area contributed by atoms with Crippen molar-refractivity contribution in [1.29, 1.82) is 5.26 Å². The number of benzene rings is 3. The first-order valence-electron chi connectivity index (χ1n) is 11.0. The number of hydrogen-bond acceptors (Lipinski definition) is 7. The number of carboxylic acid groups (broad SMARTS) is 1. The van der Waals surface area contributed by atoms with Gasteiger partial charge >= 0.3 is 12.3 Å². The highest BCUT2D eigenvalue weighted by Crippen LogP contribution is 2.38. The normalized spacial score (nSPS) is 10.9. The maximum Gasteiger partial charge on any atom is 0.573 e. The first-order chi connectivity index (χ1) is 17.7. The van der Waals surface area contributed by atoms with Crippen molar-refractivity contribution in [3.63, 3.8) is 0 Å². The van der Waals surface area contributed by atoms with Crippen LogP contribution in [0.4, 0.5) is 13.2 Å². The Hall–Kier alpha value is -4.40. The molecule has 38 heavy (non-hydrogen) atoms. The molecule has 0 amide bonds. The molecule has 0 radical (unpaired) electrons. The molecule has 0 bridgehead atoms. The minimum Gasteiger partial charge on any atom is -0.481 e. The van der Waals surface area contributed by atoms with Gasteiger partial charge in [-0.05, 0) is 29.8 Å². The topological polar surface area (TPSA) is 121 Å². The summed E-state index contributed by atoms with van der Waals surface area (Å²) in [6, 6.07) is 19.4. The lowest BCUT2D eigenvalue weighted by Crippen LogP contribution is -2.17. The molecule has 0 fully saturated rings. The van der Waals surface area contributed by atoms with Gasteiger partial charge < -0.3 is 19.7 Å². The lowest BCUT2D eigenvalue weighted by Gasteiger charge is -2.15. The summed E-state index contributed by atoms with van der Waals surface area (Å²) in [4.78, 5) is 14.9. The summed E-state index contributed by atoms with van der Waals surface area (Å²) < 4.78 is 49.1. The highest BCUT2D eigenvalue weighted by atomic mass is 35.5. The Bertz CT molecular complexity index is 1450. The molecular formula is C26H20ClF3N4O4. The van der Waals surface area contributed by atoms with E-state index in [1.165, 1.54) is 24.3 Å². The molecule has 12 heteroatoms. The van der Waals surface area contributed by atoms with Crippen LogP contribution in [-0.4, -0.2) is 34.1 Å². The van der Waals surface area contributed by atoms with Crippen LogP contribution in [0.5, 0.6) is 5.75 Å². The number of rotatable bonds is 9. The second kappa shape index (κ2) is 12.2. The molecule has 0 saturated carbocycles. The van der Waals surface area contributed by atoms with Crippen molar-refractivity contribution in [2.24, 2.45) is 0 Å². The number of carbonyl (C=O) groups is 1. The fraction of sp³-hybridized carbons (Fsp3) is 0.154. The number of nitriles is 1. The lowest BCUT2D eigenvalue weighted by atomic mass is 9.98. The summed E-state index contributed by atoms with van der Waals surface area (Å²) in [6.07, 6.45) is -4.94. The smallest absolute Gasteiger partial charge is 0.481 e. The molecule has 196 valence electrons. The highest BCUT2D eigenvalue weighted by molar-refractivity contribution is 5.85. The van der Waals surface area contributed by atoms with E-state index >= 15 is 0 Å². The Balaban J connectivity index is 0.00000400. The largest absolute Gasteiger partial charge is 0.573 e. The van der Waals surface area contributed by atoms with E-state index in [1.54, 1.807) is 24.3 Å². The number of ether oxygens (including phenoxy) is 1. The number of nitrogens with zero attached hydrogens (tertiary/aromatic N) is 3. The summed E-state index contributed by atoms with van der Waals surface area (Å²) >= 11 is 0. The average Bonchev–Trinajstić information content (AvgIpc) is 3.36. The van der Waals surface area contributed by atoms with Crippen molar-refractivity contribution in [3.05, 3.63) is 77.9 Å². The van der Waals surface area contributed by atoms with Crippen LogP contribution in [0.15, 0.2) is 71.3 Å². The van der Waals surface area contributed by atoms with Crippen molar-refractivity contribution in [2.75, 3.05) is 6.54 Å². The zero-order valence-corrected chi connectivity index (χ0v) is 20.3. The van der Waals surface area contributed by atoms with Gasteiger partial charge in [-0.1, -0.05) is 47.6 Å². The van der Waals surface area contributed by atoms with Crippen LogP contribution in [0.2, 0.25) is 0 Å². The number of carboxylic acids is 1. The van der Waals surface area contributed by atoms with Crippen LogP contribution < -0.4 is 10.1 Å². The quantitative estimate of drug-likeness (QED) is 0.253. The molecule has 0 aliphatic rings. The van der Waals surface area contributed by atoms with Gasteiger partial charge in [0.25, 0.3) is 5.89 Å². The molecule has 2 N–H and O–H groups in total. The molecular weight excluding hydrogens is 525 g/mol. The van der Waals surface area contributed by atoms with E-state index in [1.807, 2.05) is 18.2 Å². The second-order valence-corrected chi connectivity index (χ2v) is 7.86. The zero-order chi connectivity index (χ0) is 26.4. The van der Waals surface area contributed by atoms with Crippen LogP contribution in [0.1, 0.15) is 17.5 Å². The van der Waals surface area contributed by atoms with Gasteiger partial charge in [-0.15, -0.1) is 25.6 Å². The standard InChI is InChI=1S/C26H19F3N4O4.ClH/c27-26(28,29)36-22-13-18(9-10-21(22)20-4-2-1-3-19(20)14-30)25-32-24(33-37-25)17-7-5-16(6-8-17)15-31-12-11-23(34)35;/h1-10,13,31H,11-12,15H2,(H,34,35);1H. The number of nitrogens with one attached hydrogen (secondary N) is 1. The van der Waals surface area contributed by atoms with Crippen molar-refractivity contribution in [3.8, 4) is 45.8 Å². The van der Waals surface area contributed by atoms with E-state index in [4.69, 9.17) is 9.63 Å². The fourth-order valence-corrected chi connectivity index (χ4v) is 3.56. The maximum absolute atomic E-state index is 13.2. The van der Waals surface area contributed by atoms with E-state index in [0.29, 0.717) is 24.2 Å². The van der Waals surface area contributed by atoms with E-state index in [0.717, 1.165) is 11.6 Å². The van der Waals surface area contributed by atoms with Gasteiger partial charge in [0.15, 0.2) is 0 Å². The molecule has 1 aromatic heterocycles. The van der Waals surface area contributed by atoms with Crippen molar-refractivity contribution in [2.45, 2.75) is 19.3 Å². The van der Waals surface area contributed by atoms with Gasteiger partial charge in [0.1, 0.15) is 5.75 Å². The third-order valence-electron chi connectivity index (χ3n) is 5.27.